The van der Waals surface area contributed by atoms with Crippen LogP contribution in [0.25, 0.3) is 0 Å². The lowest BCUT2D eigenvalue weighted by Crippen LogP contribution is -2.26. The molecule has 9 heteroatoms. The molecule has 0 saturated carbocycles. The van der Waals surface area contributed by atoms with E-state index in [1.165, 1.54) is 28.9 Å². The first-order chi connectivity index (χ1) is 8.39. The third kappa shape index (κ3) is 2.89. The van der Waals surface area contributed by atoms with E-state index >= 15 is 0 Å². The van der Waals surface area contributed by atoms with Crippen LogP contribution in [0.2, 0.25) is 4.47 Å². The molecule has 98 valence electrons. The first-order valence-corrected chi connectivity index (χ1v) is 8.39. The summed E-state index contributed by atoms with van der Waals surface area (Å²) in [5.41, 5.74) is 0.735. The Kier molecular flexibility index (Phi) is 4.02. The van der Waals surface area contributed by atoms with Crippen LogP contribution >= 0.6 is 34.3 Å². The minimum absolute atomic E-state index is 0.141. The quantitative estimate of drug-likeness (QED) is 0.866. The smallest absolute Gasteiger partial charge is 0.245 e. The molecule has 0 aliphatic rings. The highest BCUT2D eigenvalue weighted by molar-refractivity contribution is 7.91. The van der Waals surface area contributed by atoms with Gasteiger partial charge in [-0.2, -0.15) is 4.31 Å². The van der Waals surface area contributed by atoms with Gasteiger partial charge in [0.15, 0.2) is 8.68 Å². The van der Waals surface area contributed by atoms with Crippen molar-refractivity contribution in [1.82, 2.24) is 14.3 Å². The van der Waals surface area contributed by atoms with Crippen molar-refractivity contribution in [1.29, 1.82) is 0 Å². The lowest BCUT2D eigenvalue weighted by molar-refractivity contribution is 0.464. The fourth-order valence-electron chi connectivity index (χ4n) is 1.31. The monoisotopic (exact) mass is 323 g/mol. The fourth-order valence-corrected chi connectivity index (χ4v) is 4.56. The molecule has 0 atom stereocenters. The topological polar surface area (TPSA) is 63.2 Å². The summed E-state index contributed by atoms with van der Waals surface area (Å²) in [5.74, 6) is 0. The van der Waals surface area contributed by atoms with Gasteiger partial charge in [0.1, 0.15) is 0 Å². The van der Waals surface area contributed by atoms with Gasteiger partial charge in [0.25, 0.3) is 10.0 Å². The van der Waals surface area contributed by atoms with Gasteiger partial charge in [0.05, 0.1) is 23.4 Å². The van der Waals surface area contributed by atoms with Crippen molar-refractivity contribution in [2.24, 2.45) is 0 Å². The molecule has 5 nitrogen and oxygen atoms in total. The maximum Gasteiger partial charge on any atom is 0.254 e. The van der Waals surface area contributed by atoms with Crippen molar-refractivity contribution in [2.75, 3.05) is 7.05 Å². The van der Waals surface area contributed by atoms with E-state index in [1.54, 1.807) is 0 Å². The predicted octanol–water partition coefficient (Wildman–Crippen LogP) is 2.38. The highest BCUT2D eigenvalue weighted by Gasteiger charge is 2.24. The van der Waals surface area contributed by atoms with Crippen LogP contribution in [0.4, 0.5) is 0 Å². The van der Waals surface area contributed by atoms with Crippen LogP contribution in [-0.2, 0) is 16.6 Å². The molecule has 2 rings (SSSR count). The molecule has 0 saturated heterocycles. The molecule has 0 fully saturated rings. The van der Waals surface area contributed by atoms with E-state index in [9.17, 15) is 8.42 Å². The number of thiazole rings is 2. The van der Waals surface area contributed by atoms with Crippen LogP contribution in [-0.4, -0.2) is 29.7 Å². The Bertz CT molecular complexity index is 650. The van der Waals surface area contributed by atoms with Crippen LogP contribution in [0.15, 0.2) is 15.8 Å². The number of halogens is 1. The largest absolute Gasteiger partial charge is 0.254 e. The molecule has 0 aliphatic heterocycles. The Hall–Kier alpha value is -0.540. The molecule has 0 spiro atoms. The maximum atomic E-state index is 12.2. The minimum atomic E-state index is -3.54. The highest BCUT2D eigenvalue weighted by Crippen LogP contribution is 2.25. The number of sulfonamides is 1. The first-order valence-electron chi connectivity index (χ1n) is 4.88. The average Bonchev–Trinajstić information content (AvgIpc) is 2.88. The van der Waals surface area contributed by atoms with Crippen molar-refractivity contribution < 1.29 is 8.42 Å². The lowest BCUT2D eigenvalue weighted by atomic mass is 10.5. The number of aryl methyl sites for hydroxylation is 1. The van der Waals surface area contributed by atoms with Crippen molar-refractivity contribution in [3.8, 4) is 0 Å². The van der Waals surface area contributed by atoms with E-state index in [-0.39, 0.29) is 15.2 Å². The van der Waals surface area contributed by atoms with Crippen molar-refractivity contribution in [3.63, 3.8) is 0 Å². The zero-order chi connectivity index (χ0) is 13.3. The lowest BCUT2D eigenvalue weighted by Gasteiger charge is -2.13. The SMILES string of the molecule is Cc1nc(CN(C)S(=O)(=O)c2cnc(Cl)s2)cs1. The molecular formula is C9H10ClN3O2S3. The summed E-state index contributed by atoms with van der Waals surface area (Å²) in [6.07, 6.45) is 1.27. The van der Waals surface area contributed by atoms with E-state index in [2.05, 4.69) is 9.97 Å². The molecule has 2 aromatic heterocycles. The molecule has 0 bridgehead atoms. The van der Waals surface area contributed by atoms with E-state index < -0.39 is 10.0 Å². The van der Waals surface area contributed by atoms with E-state index in [0.29, 0.717) is 0 Å². The minimum Gasteiger partial charge on any atom is -0.245 e. The number of hydrogen-bond acceptors (Lipinski definition) is 6. The third-order valence-corrected chi connectivity index (χ3v) is 6.35. The molecule has 2 heterocycles. The molecule has 18 heavy (non-hydrogen) atoms. The number of rotatable bonds is 4. The normalized spacial score (nSPS) is 12.2. The molecule has 0 N–H and O–H groups in total. The summed E-state index contributed by atoms with van der Waals surface area (Å²) in [6, 6.07) is 0. The summed E-state index contributed by atoms with van der Waals surface area (Å²) in [5, 5.41) is 2.76. The predicted molar refractivity (Wildman–Crippen MR) is 72.6 cm³/mol. The van der Waals surface area contributed by atoms with Crippen LogP contribution in [0, 0.1) is 6.92 Å². The van der Waals surface area contributed by atoms with E-state index in [0.717, 1.165) is 22.0 Å². The molecule has 0 aromatic carbocycles. The molecule has 0 aliphatic carbocycles. The van der Waals surface area contributed by atoms with Gasteiger partial charge in [-0.25, -0.2) is 18.4 Å². The zero-order valence-electron chi connectivity index (χ0n) is 9.62. The molecule has 0 radical (unpaired) electrons. The van der Waals surface area contributed by atoms with Crippen molar-refractivity contribution in [2.45, 2.75) is 17.7 Å². The summed E-state index contributed by atoms with van der Waals surface area (Å²) >= 11 is 8.09. The molecule has 2 aromatic rings. The summed E-state index contributed by atoms with van der Waals surface area (Å²) in [6.45, 7) is 2.12. The first kappa shape index (κ1) is 13.9. The zero-order valence-corrected chi connectivity index (χ0v) is 12.8. The maximum absolute atomic E-state index is 12.2. The second-order valence-electron chi connectivity index (χ2n) is 3.55. The van der Waals surface area contributed by atoms with Crippen LogP contribution in [0.3, 0.4) is 0 Å². The standard InChI is InChI=1S/C9H10ClN3O2S3/c1-6-12-7(5-16-6)4-13(2)18(14,15)8-3-11-9(10)17-8/h3,5H,4H2,1-2H3. The van der Waals surface area contributed by atoms with E-state index in [4.69, 9.17) is 11.6 Å². The average molecular weight is 324 g/mol. The third-order valence-electron chi connectivity index (χ3n) is 2.17. The Balaban J connectivity index is 2.20. The van der Waals surface area contributed by atoms with Crippen LogP contribution in [0.5, 0.6) is 0 Å². The molecule has 0 amide bonds. The van der Waals surface area contributed by atoms with Gasteiger partial charge in [-0.05, 0) is 6.92 Å². The second kappa shape index (κ2) is 5.22. The summed E-state index contributed by atoms with van der Waals surface area (Å²) < 4.78 is 25.9. The van der Waals surface area contributed by atoms with Gasteiger partial charge < -0.3 is 0 Å². The Morgan fingerprint density at radius 3 is 2.72 bits per heavy atom. The Labute approximate surface area is 118 Å². The number of nitrogens with zero attached hydrogens (tertiary/aromatic N) is 3. The molecular weight excluding hydrogens is 314 g/mol. The van der Waals surface area contributed by atoms with Gasteiger partial charge in [0.2, 0.25) is 0 Å². The van der Waals surface area contributed by atoms with Crippen LogP contribution in [0.1, 0.15) is 10.7 Å². The van der Waals surface area contributed by atoms with Crippen molar-refractivity contribution in [3.05, 3.63) is 26.7 Å². The van der Waals surface area contributed by atoms with Gasteiger partial charge in [-0.3, -0.25) is 0 Å². The summed E-state index contributed by atoms with van der Waals surface area (Å²) in [4.78, 5) is 7.98. The van der Waals surface area contributed by atoms with Gasteiger partial charge in [-0.1, -0.05) is 22.9 Å². The van der Waals surface area contributed by atoms with Gasteiger partial charge in [-0.15, -0.1) is 11.3 Å². The Morgan fingerprint density at radius 2 is 2.22 bits per heavy atom. The second-order valence-corrected chi connectivity index (χ2v) is 8.50. The van der Waals surface area contributed by atoms with E-state index in [1.807, 2.05) is 12.3 Å². The number of aromatic nitrogens is 2. The number of hydrogen-bond donors (Lipinski definition) is 0. The molecule has 0 unspecified atom stereocenters. The summed E-state index contributed by atoms with van der Waals surface area (Å²) in [7, 11) is -2.03. The van der Waals surface area contributed by atoms with Crippen molar-refractivity contribution >= 4 is 44.3 Å². The highest BCUT2D eigenvalue weighted by atomic mass is 35.5. The van der Waals surface area contributed by atoms with Crippen LogP contribution < -0.4 is 0 Å². The van der Waals surface area contributed by atoms with Gasteiger partial charge in [0, 0.05) is 12.4 Å². The van der Waals surface area contributed by atoms with Gasteiger partial charge >= 0.3 is 0 Å². The fraction of sp³-hybridized carbons (Fsp3) is 0.333. The Morgan fingerprint density at radius 1 is 1.50 bits per heavy atom.